The summed E-state index contributed by atoms with van der Waals surface area (Å²) in [4.78, 5) is 33.2. The van der Waals surface area contributed by atoms with Crippen LogP contribution in [0.1, 0.15) is 39.0 Å². The van der Waals surface area contributed by atoms with Gasteiger partial charge in [-0.3, -0.25) is 4.79 Å². The number of aromatic hydroxyl groups is 1. The average Bonchev–Trinajstić information content (AvgIpc) is 3.34. The van der Waals surface area contributed by atoms with Gasteiger partial charge >= 0.3 is 5.97 Å². The summed E-state index contributed by atoms with van der Waals surface area (Å²) in [6.45, 7) is 1.64. The zero-order valence-corrected chi connectivity index (χ0v) is 16.7. The van der Waals surface area contributed by atoms with Crippen LogP contribution in [0.3, 0.4) is 0 Å². The number of hydrogen-bond acceptors (Lipinski definition) is 8. The number of fused-ring (bicyclic) bond motifs is 1. The number of pyridine rings is 1. The molecule has 0 atom stereocenters. The SMILES string of the molecule is CCOC(=O)c1c(NCC(=O)c2ccccc2)oc(C=C2C=Nc3ncccc32)c1O. The zero-order valence-electron chi connectivity index (χ0n) is 16.7. The van der Waals surface area contributed by atoms with Gasteiger partial charge in [-0.05, 0) is 25.1 Å². The third kappa shape index (κ3) is 4.09. The highest BCUT2D eigenvalue weighted by Gasteiger charge is 2.27. The maximum absolute atomic E-state index is 12.4. The number of nitrogens with zero attached hydrogens (tertiary/aromatic N) is 2. The van der Waals surface area contributed by atoms with Crippen LogP contribution in [0.25, 0.3) is 11.6 Å². The molecule has 0 bridgehead atoms. The fourth-order valence-corrected chi connectivity index (χ4v) is 3.12. The van der Waals surface area contributed by atoms with Crippen LogP contribution in [-0.2, 0) is 4.74 Å². The number of allylic oxidation sites excluding steroid dienone is 1. The van der Waals surface area contributed by atoms with Crippen LogP contribution >= 0.6 is 0 Å². The van der Waals surface area contributed by atoms with Crippen LogP contribution in [0.4, 0.5) is 11.7 Å². The number of nitrogens with one attached hydrogen (secondary N) is 1. The van der Waals surface area contributed by atoms with Crippen molar-refractivity contribution in [1.82, 2.24) is 4.98 Å². The van der Waals surface area contributed by atoms with Crippen molar-refractivity contribution in [2.75, 3.05) is 18.5 Å². The fourth-order valence-electron chi connectivity index (χ4n) is 3.12. The van der Waals surface area contributed by atoms with E-state index in [0.717, 1.165) is 5.56 Å². The van der Waals surface area contributed by atoms with Crippen LogP contribution in [0.5, 0.6) is 5.75 Å². The summed E-state index contributed by atoms with van der Waals surface area (Å²) in [5.41, 5.74) is 1.77. The predicted octanol–water partition coefficient (Wildman–Crippen LogP) is 4.11. The first-order valence-electron chi connectivity index (χ1n) is 9.64. The fraction of sp³-hybridized carbons (Fsp3) is 0.130. The minimum Gasteiger partial charge on any atom is -0.504 e. The highest BCUT2D eigenvalue weighted by Crippen LogP contribution is 2.38. The molecule has 0 spiro atoms. The van der Waals surface area contributed by atoms with Crippen LogP contribution in [0.15, 0.2) is 58.1 Å². The Labute approximate surface area is 177 Å². The maximum atomic E-state index is 12.4. The molecule has 0 radical (unpaired) electrons. The van der Waals surface area contributed by atoms with Gasteiger partial charge in [-0.2, -0.15) is 0 Å². The van der Waals surface area contributed by atoms with E-state index in [9.17, 15) is 14.7 Å². The second-order valence-corrected chi connectivity index (χ2v) is 6.61. The number of anilines is 1. The number of benzene rings is 1. The van der Waals surface area contributed by atoms with Gasteiger partial charge in [0.15, 0.2) is 28.7 Å². The molecule has 0 saturated carbocycles. The molecule has 0 fully saturated rings. The number of ether oxygens (including phenoxy) is 1. The molecule has 1 aromatic carbocycles. The lowest BCUT2D eigenvalue weighted by Crippen LogP contribution is -2.15. The molecule has 31 heavy (non-hydrogen) atoms. The first-order chi connectivity index (χ1) is 15.1. The van der Waals surface area contributed by atoms with Crippen LogP contribution < -0.4 is 5.32 Å². The van der Waals surface area contributed by atoms with Gasteiger partial charge in [-0.1, -0.05) is 30.3 Å². The molecule has 3 heterocycles. The number of Topliss-reactive ketones (excluding diaryl/α,β-unsaturated/α-hetero) is 1. The van der Waals surface area contributed by atoms with E-state index in [4.69, 9.17) is 9.15 Å². The average molecular weight is 417 g/mol. The number of hydrogen-bond donors (Lipinski definition) is 2. The predicted molar refractivity (Wildman–Crippen MR) is 116 cm³/mol. The Kier molecular flexibility index (Phi) is 5.61. The number of ketones is 1. The molecule has 156 valence electrons. The number of esters is 1. The Balaban J connectivity index is 1.65. The van der Waals surface area contributed by atoms with E-state index in [1.54, 1.807) is 55.7 Å². The van der Waals surface area contributed by atoms with Gasteiger partial charge in [-0.15, -0.1) is 0 Å². The number of carbonyl (C=O) groups is 2. The summed E-state index contributed by atoms with van der Waals surface area (Å²) in [7, 11) is 0. The first kappa shape index (κ1) is 20.1. The second kappa shape index (κ2) is 8.66. The summed E-state index contributed by atoms with van der Waals surface area (Å²) in [5.74, 6) is -0.799. The lowest BCUT2D eigenvalue weighted by atomic mass is 10.1. The normalized spacial score (nSPS) is 13.3. The summed E-state index contributed by atoms with van der Waals surface area (Å²) < 4.78 is 10.7. The van der Waals surface area contributed by atoms with Gasteiger partial charge in [0.2, 0.25) is 5.88 Å². The summed E-state index contributed by atoms with van der Waals surface area (Å²) in [5, 5.41) is 13.5. The Morgan fingerprint density at radius 3 is 2.77 bits per heavy atom. The number of aliphatic imine (C=N–C) groups is 1. The lowest BCUT2D eigenvalue weighted by Gasteiger charge is -2.05. The second-order valence-electron chi connectivity index (χ2n) is 6.61. The molecule has 0 aliphatic carbocycles. The monoisotopic (exact) mass is 417 g/mol. The maximum Gasteiger partial charge on any atom is 0.347 e. The zero-order chi connectivity index (χ0) is 21.8. The molecule has 0 saturated heterocycles. The van der Waals surface area contributed by atoms with E-state index in [0.29, 0.717) is 17.0 Å². The van der Waals surface area contributed by atoms with Crippen molar-refractivity contribution in [3.63, 3.8) is 0 Å². The topological polar surface area (TPSA) is 114 Å². The van der Waals surface area contributed by atoms with Crippen molar-refractivity contribution in [1.29, 1.82) is 0 Å². The molecule has 8 heteroatoms. The minimum absolute atomic E-state index is 0.0378. The van der Waals surface area contributed by atoms with Gasteiger partial charge in [-0.25, -0.2) is 14.8 Å². The third-order valence-electron chi connectivity index (χ3n) is 4.60. The first-order valence-corrected chi connectivity index (χ1v) is 9.64. The molecule has 0 amide bonds. The smallest absolute Gasteiger partial charge is 0.347 e. The molecular formula is C23H19N3O5. The number of aromatic nitrogens is 1. The molecule has 2 aromatic heterocycles. The third-order valence-corrected chi connectivity index (χ3v) is 4.60. The minimum atomic E-state index is -0.759. The van der Waals surface area contributed by atoms with Gasteiger partial charge in [0.05, 0.1) is 13.2 Å². The largest absolute Gasteiger partial charge is 0.504 e. The molecule has 0 unspecified atom stereocenters. The van der Waals surface area contributed by atoms with E-state index < -0.39 is 5.97 Å². The van der Waals surface area contributed by atoms with E-state index in [-0.39, 0.29) is 41.9 Å². The highest BCUT2D eigenvalue weighted by atomic mass is 16.5. The van der Waals surface area contributed by atoms with Crippen molar-refractivity contribution in [2.45, 2.75) is 6.92 Å². The van der Waals surface area contributed by atoms with Crippen molar-refractivity contribution in [2.24, 2.45) is 4.99 Å². The van der Waals surface area contributed by atoms with Gasteiger partial charge in [0.25, 0.3) is 0 Å². The van der Waals surface area contributed by atoms with Crippen molar-refractivity contribution in [3.8, 4) is 5.75 Å². The standard InChI is InChI=1S/C23H19N3O5/c1-2-30-23(29)19-20(28)18(11-15-12-25-21-16(15)9-6-10-24-21)31-22(19)26-13-17(27)14-7-4-3-5-8-14/h3-12,26,28H,2,13H2,1H3. The van der Waals surface area contributed by atoms with Crippen molar-refractivity contribution < 1.29 is 23.8 Å². The van der Waals surface area contributed by atoms with Crippen LogP contribution in [0, 0.1) is 0 Å². The van der Waals surface area contributed by atoms with E-state index in [1.807, 2.05) is 12.1 Å². The van der Waals surface area contributed by atoms with Gasteiger partial charge < -0.3 is 19.6 Å². The molecule has 1 aliphatic rings. The van der Waals surface area contributed by atoms with Gasteiger partial charge in [0, 0.05) is 29.1 Å². The highest BCUT2D eigenvalue weighted by molar-refractivity contribution is 6.21. The summed E-state index contributed by atoms with van der Waals surface area (Å²) >= 11 is 0. The van der Waals surface area contributed by atoms with E-state index >= 15 is 0 Å². The summed E-state index contributed by atoms with van der Waals surface area (Å²) in [6.07, 6.45) is 4.78. The lowest BCUT2D eigenvalue weighted by molar-refractivity contribution is 0.0523. The molecule has 4 rings (SSSR count). The quantitative estimate of drug-likeness (QED) is 0.439. The molecule has 1 aliphatic heterocycles. The number of rotatable bonds is 7. The van der Waals surface area contributed by atoms with Crippen molar-refractivity contribution in [3.05, 3.63) is 71.1 Å². The van der Waals surface area contributed by atoms with E-state index in [2.05, 4.69) is 15.3 Å². The molecule has 2 N–H and O–H groups in total. The van der Waals surface area contributed by atoms with Gasteiger partial charge in [0.1, 0.15) is 0 Å². The Hall–Kier alpha value is -4.20. The van der Waals surface area contributed by atoms with Crippen molar-refractivity contribution >= 4 is 41.3 Å². The molecule has 3 aromatic rings. The number of furan rings is 1. The Morgan fingerprint density at radius 2 is 2.00 bits per heavy atom. The van der Waals surface area contributed by atoms with Crippen LogP contribution in [0.2, 0.25) is 0 Å². The van der Waals surface area contributed by atoms with E-state index in [1.165, 1.54) is 0 Å². The summed E-state index contributed by atoms with van der Waals surface area (Å²) in [6, 6.07) is 12.3. The molecular weight excluding hydrogens is 398 g/mol. The van der Waals surface area contributed by atoms with Crippen LogP contribution in [-0.4, -0.2) is 41.2 Å². The Bertz CT molecular complexity index is 1200. The molecule has 8 nitrogen and oxygen atoms in total. The number of carbonyl (C=O) groups excluding carboxylic acids is 2. The Morgan fingerprint density at radius 1 is 1.19 bits per heavy atom.